The van der Waals surface area contributed by atoms with Crippen molar-refractivity contribution in [3.05, 3.63) is 28.4 Å². The van der Waals surface area contributed by atoms with Gasteiger partial charge in [0, 0.05) is 17.7 Å². The van der Waals surface area contributed by atoms with Gasteiger partial charge in [-0.05, 0) is 13.3 Å². The zero-order valence-corrected chi connectivity index (χ0v) is 9.36. The van der Waals surface area contributed by atoms with Crippen LogP contribution in [0.5, 0.6) is 0 Å². The third kappa shape index (κ3) is 3.01. The van der Waals surface area contributed by atoms with E-state index in [0.717, 1.165) is 6.42 Å². The van der Waals surface area contributed by atoms with Crippen LogP contribution in [0, 0.1) is 12.8 Å². The minimum Gasteiger partial charge on any atom is -0.297 e. The Morgan fingerprint density at radius 3 is 2.80 bits per heavy atom. The van der Waals surface area contributed by atoms with Crippen molar-refractivity contribution in [2.75, 3.05) is 0 Å². The number of aryl methyl sites for hydroxylation is 1. The van der Waals surface area contributed by atoms with Gasteiger partial charge in [0.15, 0.2) is 5.78 Å². The van der Waals surface area contributed by atoms with E-state index in [2.05, 4.69) is 4.98 Å². The summed E-state index contributed by atoms with van der Waals surface area (Å²) in [6.45, 7) is 5.71. The van der Waals surface area contributed by atoms with Gasteiger partial charge in [-0.25, -0.2) is 4.98 Å². The Morgan fingerprint density at radius 1 is 1.60 bits per heavy atom. The molecule has 0 saturated carbocycles. The molecule has 0 radical (unpaired) electrons. The second-order valence-corrected chi connectivity index (χ2v) is 3.77. The van der Waals surface area contributed by atoms with Crippen molar-refractivity contribution in [3.63, 3.8) is 0 Å². The number of aromatic nitrogens is 2. The maximum absolute atomic E-state index is 11.6. The Morgan fingerprint density at radius 2 is 2.27 bits per heavy atom. The van der Waals surface area contributed by atoms with Crippen molar-refractivity contribution in [1.29, 1.82) is 0 Å². The van der Waals surface area contributed by atoms with Gasteiger partial charge in [-0.3, -0.25) is 14.2 Å². The van der Waals surface area contributed by atoms with E-state index in [1.807, 2.05) is 13.8 Å². The Labute approximate surface area is 89.0 Å². The Balaban J connectivity index is 2.82. The normalized spacial score (nSPS) is 12.5. The molecule has 15 heavy (non-hydrogen) atoms. The summed E-state index contributed by atoms with van der Waals surface area (Å²) in [5.41, 5.74) is 0.506. The van der Waals surface area contributed by atoms with Crippen LogP contribution in [0.25, 0.3) is 0 Å². The number of carbonyl (C=O) groups is 1. The molecule has 0 amide bonds. The molecule has 1 rings (SSSR count). The summed E-state index contributed by atoms with van der Waals surface area (Å²) in [7, 11) is 0. The van der Waals surface area contributed by atoms with Crippen molar-refractivity contribution in [3.8, 4) is 0 Å². The third-order valence-corrected chi connectivity index (χ3v) is 2.50. The number of hydrogen-bond acceptors (Lipinski definition) is 3. The van der Waals surface area contributed by atoms with Gasteiger partial charge in [0.1, 0.15) is 0 Å². The fraction of sp³-hybridized carbons (Fsp3) is 0.545. The smallest absolute Gasteiger partial charge is 0.253 e. The van der Waals surface area contributed by atoms with Gasteiger partial charge in [-0.2, -0.15) is 0 Å². The highest BCUT2D eigenvalue weighted by Gasteiger charge is 2.11. The average Bonchev–Trinajstić information content (AvgIpc) is 2.20. The number of carbonyl (C=O) groups excluding carboxylic acids is 1. The van der Waals surface area contributed by atoms with E-state index >= 15 is 0 Å². The summed E-state index contributed by atoms with van der Waals surface area (Å²) in [5.74, 6) is 0.0726. The first kappa shape index (κ1) is 11.6. The number of ketones is 1. The van der Waals surface area contributed by atoms with Gasteiger partial charge < -0.3 is 0 Å². The summed E-state index contributed by atoms with van der Waals surface area (Å²) in [6, 6.07) is 1.43. The molecular formula is C11H16N2O2. The third-order valence-electron chi connectivity index (χ3n) is 2.50. The first-order chi connectivity index (χ1) is 7.04. The molecular weight excluding hydrogens is 192 g/mol. The Kier molecular flexibility index (Phi) is 3.77. The van der Waals surface area contributed by atoms with Crippen LogP contribution in [0.3, 0.4) is 0 Å². The molecule has 1 heterocycles. The fourth-order valence-corrected chi connectivity index (χ4v) is 1.19. The van der Waals surface area contributed by atoms with Crippen molar-refractivity contribution in [1.82, 2.24) is 9.55 Å². The molecule has 0 fully saturated rings. The summed E-state index contributed by atoms with van der Waals surface area (Å²) >= 11 is 0. The number of hydrogen-bond donors (Lipinski definition) is 0. The van der Waals surface area contributed by atoms with Gasteiger partial charge in [-0.15, -0.1) is 0 Å². The zero-order valence-electron chi connectivity index (χ0n) is 9.36. The average molecular weight is 208 g/mol. The van der Waals surface area contributed by atoms with Crippen LogP contribution in [0.4, 0.5) is 0 Å². The summed E-state index contributed by atoms with van der Waals surface area (Å²) in [4.78, 5) is 27.0. The number of rotatable bonds is 4. The van der Waals surface area contributed by atoms with Crippen LogP contribution in [0.1, 0.15) is 26.0 Å². The minimum atomic E-state index is -0.167. The van der Waals surface area contributed by atoms with Crippen LogP contribution in [-0.4, -0.2) is 15.3 Å². The number of Topliss-reactive ketones (excluding diaryl/α,β-unsaturated/α-hetero) is 1. The highest BCUT2D eigenvalue weighted by molar-refractivity contribution is 5.80. The lowest BCUT2D eigenvalue weighted by Gasteiger charge is -2.08. The number of nitrogens with zero attached hydrogens (tertiary/aromatic N) is 2. The van der Waals surface area contributed by atoms with E-state index in [1.165, 1.54) is 17.0 Å². The van der Waals surface area contributed by atoms with Crippen molar-refractivity contribution < 1.29 is 4.79 Å². The largest absolute Gasteiger partial charge is 0.297 e. The highest BCUT2D eigenvalue weighted by atomic mass is 16.1. The van der Waals surface area contributed by atoms with E-state index in [4.69, 9.17) is 0 Å². The molecule has 0 N–H and O–H groups in total. The molecule has 1 aromatic heterocycles. The van der Waals surface area contributed by atoms with Crippen LogP contribution >= 0.6 is 0 Å². The maximum atomic E-state index is 11.6. The quantitative estimate of drug-likeness (QED) is 0.746. The van der Waals surface area contributed by atoms with Gasteiger partial charge in [0.25, 0.3) is 5.56 Å². The predicted molar refractivity (Wildman–Crippen MR) is 57.7 cm³/mol. The molecule has 0 saturated heterocycles. The van der Waals surface area contributed by atoms with Gasteiger partial charge in [-0.1, -0.05) is 13.8 Å². The van der Waals surface area contributed by atoms with Crippen molar-refractivity contribution in [2.45, 2.75) is 33.7 Å². The molecule has 0 aliphatic carbocycles. The second-order valence-electron chi connectivity index (χ2n) is 3.77. The standard InChI is InChI=1S/C11H16N2O2/c1-4-8(2)10(14)6-13-7-12-9(3)5-11(13)15/h5,7-8H,4,6H2,1-3H3. The van der Waals surface area contributed by atoms with Crippen LogP contribution in [-0.2, 0) is 11.3 Å². The first-order valence-corrected chi connectivity index (χ1v) is 5.10. The topological polar surface area (TPSA) is 52.0 Å². The fourth-order valence-electron chi connectivity index (χ4n) is 1.19. The molecule has 0 aliphatic rings. The molecule has 1 unspecified atom stereocenters. The monoisotopic (exact) mass is 208 g/mol. The molecule has 0 spiro atoms. The SMILES string of the molecule is CCC(C)C(=O)Cn1cnc(C)cc1=O. The van der Waals surface area contributed by atoms with E-state index in [0.29, 0.717) is 5.69 Å². The molecule has 1 atom stereocenters. The predicted octanol–water partition coefficient (Wildman–Crippen LogP) is 1.17. The van der Waals surface area contributed by atoms with E-state index < -0.39 is 0 Å². The maximum Gasteiger partial charge on any atom is 0.253 e. The molecule has 1 aromatic rings. The second kappa shape index (κ2) is 4.87. The van der Waals surface area contributed by atoms with E-state index in [1.54, 1.807) is 6.92 Å². The molecule has 4 nitrogen and oxygen atoms in total. The molecule has 82 valence electrons. The highest BCUT2D eigenvalue weighted by Crippen LogP contribution is 2.03. The van der Waals surface area contributed by atoms with Crippen LogP contribution in [0.2, 0.25) is 0 Å². The van der Waals surface area contributed by atoms with E-state index in [-0.39, 0.29) is 23.8 Å². The minimum absolute atomic E-state index is 0.00166. The zero-order chi connectivity index (χ0) is 11.4. The first-order valence-electron chi connectivity index (χ1n) is 5.10. The van der Waals surface area contributed by atoms with Crippen LogP contribution < -0.4 is 5.56 Å². The van der Waals surface area contributed by atoms with Crippen LogP contribution in [0.15, 0.2) is 17.2 Å². The lowest BCUT2D eigenvalue weighted by molar-refractivity contribution is -0.123. The summed E-state index contributed by atoms with van der Waals surface area (Å²) in [6.07, 6.45) is 2.23. The summed E-state index contributed by atoms with van der Waals surface area (Å²) in [5, 5.41) is 0. The van der Waals surface area contributed by atoms with Crippen molar-refractivity contribution in [2.24, 2.45) is 5.92 Å². The molecule has 0 aromatic carbocycles. The van der Waals surface area contributed by atoms with Gasteiger partial charge >= 0.3 is 0 Å². The van der Waals surface area contributed by atoms with E-state index in [9.17, 15) is 9.59 Å². The Bertz CT molecular complexity index is 409. The Hall–Kier alpha value is -1.45. The van der Waals surface area contributed by atoms with Crippen molar-refractivity contribution >= 4 is 5.78 Å². The van der Waals surface area contributed by atoms with Gasteiger partial charge in [0.05, 0.1) is 12.9 Å². The molecule has 0 aliphatic heterocycles. The summed E-state index contributed by atoms with van der Waals surface area (Å²) < 4.78 is 1.35. The molecule has 4 heteroatoms. The van der Waals surface area contributed by atoms with Gasteiger partial charge in [0.2, 0.25) is 0 Å². The lowest BCUT2D eigenvalue weighted by atomic mass is 10.0. The lowest BCUT2D eigenvalue weighted by Crippen LogP contribution is -2.26. The molecule has 0 bridgehead atoms.